The molecule has 0 saturated carbocycles. The number of hydrogen-bond donors (Lipinski definition) is 0. The van der Waals surface area contributed by atoms with Gasteiger partial charge < -0.3 is 4.79 Å². The Bertz CT molecular complexity index is 39.4. The molecule has 1 nitrogen and oxygen atoms in total. The first-order valence-corrected chi connectivity index (χ1v) is 6.12. The van der Waals surface area contributed by atoms with Crippen LogP contribution in [0.5, 0.6) is 0 Å². The van der Waals surface area contributed by atoms with Crippen LogP contribution in [-0.2, 0) is 4.79 Å². The van der Waals surface area contributed by atoms with E-state index in [1.807, 2.05) is 6.79 Å². The SMILES string of the molecule is C=O.C[CH2][Al]([Cl])[CH2]C. The first kappa shape index (κ1) is 11.3. The van der Waals surface area contributed by atoms with Crippen LogP contribution in [0.3, 0.4) is 0 Å². The Balaban J connectivity index is 0. The summed E-state index contributed by atoms with van der Waals surface area (Å²) in [4.78, 5) is 8.00. The summed E-state index contributed by atoms with van der Waals surface area (Å²) in [5.41, 5.74) is 0. The van der Waals surface area contributed by atoms with Gasteiger partial charge in [-0.1, -0.05) is 24.4 Å². The number of carbonyl (C=O) groups is 1. The van der Waals surface area contributed by atoms with Crippen LogP contribution < -0.4 is 0 Å². The summed E-state index contributed by atoms with van der Waals surface area (Å²) in [5, 5.41) is 2.47. The van der Waals surface area contributed by atoms with Gasteiger partial charge in [-0.05, 0) is 0 Å². The molecule has 0 amide bonds. The lowest BCUT2D eigenvalue weighted by Crippen LogP contribution is -1.95. The van der Waals surface area contributed by atoms with Crippen molar-refractivity contribution in [1.29, 1.82) is 0 Å². The molecule has 0 unspecified atom stereocenters. The molecule has 0 saturated heterocycles. The van der Waals surface area contributed by atoms with E-state index < -0.39 is 13.2 Å². The van der Waals surface area contributed by atoms with Crippen molar-refractivity contribution in [2.75, 3.05) is 0 Å². The minimum atomic E-state index is -0.688. The van der Waals surface area contributed by atoms with Gasteiger partial charge in [0.1, 0.15) is 6.79 Å². The standard InChI is InChI=1S/2C2H5.CH2O.Al.ClH/c3*1-2;;/h2*1H2,2H3;1H2;;1H/q;;;+1;/p-1. The molecule has 0 aliphatic rings. The fourth-order valence-corrected chi connectivity index (χ4v) is 0.866. The third-order valence-corrected chi connectivity index (χ3v) is 4.51. The maximum absolute atomic E-state index is 8.00. The number of carbonyl (C=O) groups excluding carboxylic acids is 1. The normalized spacial score (nSPS) is 6.88. The lowest BCUT2D eigenvalue weighted by Gasteiger charge is -1.86. The molecule has 0 rings (SSSR count). The van der Waals surface area contributed by atoms with E-state index >= 15 is 0 Å². The van der Waals surface area contributed by atoms with Crippen LogP contribution in [0.2, 0.25) is 10.6 Å². The van der Waals surface area contributed by atoms with E-state index in [9.17, 15) is 0 Å². The molecular formula is C5H12AlClO. The fraction of sp³-hybridized carbons (Fsp3) is 0.800. The second-order valence-electron chi connectivity index (χ2n) is 1.41. The van der Waals surface area contributed by atoms with Gasteiger partial charge in [-0.3, -0.25) is 10.0 Å². The first-order valence-electron chi connectivity index (χ1n) is 2.74. The summed E-state index contributed by atoms with van der Waals surface area (Å²) in [6.45, 7) is 6.32. The lowest BCUT2D eigenvalue weighted by molar-refractivity contribution is -0.0979. The largest absolute Gasteiger partial charge is 0.399 e. The zero-order valence-corrected chi connectivity index (χ0v) is 7.40. The second kappa shape index (κ2) is 10.5. The Labute approximate surface area is 59.6 Å². The van der Waals surface area contributed by atoms with Crippen molar-refractivity contribution in [2.24, 2.45) is 0 Å². The van der Waals surface area contributed by atoms with Crippen molar-refractivity contribution in [1.82, 2.24) is 0 Å². The number of rotatable bonds is 2. The lowest BCUT2D eigenvalue weighted by atomic mass is 10.9. The van der Waals surface area contributed by atoms with Crippen molar-refractivity contribution in [3.63, 3.8) is 0 Å². The van der Waals surface area contributed by atoms with E-state index in [2.05, 4.69) is 13.8 Å². The topological polar surface area (TPSA) is 17.1 Å². The molecule has 0 aromatic heterocycles. The molecule has 0 aliphatic heterocycles. The predicted molar refractivity (Wildman–Crippen MR) is 39.7 cm³/mol. The molecule has 0 N–H and O–H groups in total. The molecule has 8 heavy (non-hydrogen) atoms. The highest BCUT2D eigenvalue weighted by Gasteiger charge is 2.04. The third kappa shape index (κ3) is 9.70. The molecule has 0 heterocycles. The van der Waals surface area contributed by atoms with Crippen molar-refractivity contribution >= 4 is 30.1 Å². The zero-order chi connectivity index (χ0) is 6.99. The molecule has 0 spiro atoms. The zero-order valence-electron chi connectivity index (χ0n) is 5.48. The Kier molecular flexibility index (Phi) is 14.8. The quantitative estimate of drug-likeness (QED) is 0.551. The van der Waals surface area contributed by atoms with Crippen LogP contribution in [0.15, 0.2) is 0 Å². The third-order valence-electron chi connectivity index (χ3n) is 0.886. The molecule has 0 atom stereocenters. The molecule has 0 radical (unpaired) electrons. The maximum Gasteiger partial charge on any atom is 0.399 e. The van der Waals surface area contributed by atoms with E-state index in [4.69, 9.17) is 14.8 Å². The van der Waals surface area contributed by atoms with E-state index in [-0.39, 0.29) is 0 Å². The van der Waals surface area contributed by atoms with E-state index in [1.54, 1.807) is 0 Å². The molecule has 0 aliphatic carbocycles. The molecule has 0 aromatic rings. The van der Waals surface area contributed by atoms with E-state index in [0.29, 0.717) is 0 Å². The van der Waals surface area contributed by atoms with Crippen molar-refractivity contribution in [3.8, 4) is 0 Å². The summed E-state index contributed by atoms with van der Waals surface area (Å²) >= 11 is -0.688. The van der Waals surface area contributed by atoms with Gasteiger partial charge in [-0.15, -0.1) is 0 Å². The van der Waals surface area contributed by atoms with Gasteiger partial charge in [-0.25, -0.2) is 0 Å². The van der Waals surface area contributed by atoms with Crippen molar-refractivity contribution < 1.29 is 4.79 Å². The number of hydrogen-bond acceptors (Lipinski definition) is 1. The van der Waals surface area contributed by atoms with Crippen LogP contribution in [0.25, 0.3) is 0 Å². The number of halogens is 1. The summed E-state index contributed by atoms with van der Waals surface area (Å²) in [5.74, 6) is 0. The van der Waals surface area contributed by atoms with Gasteiger partial charge >= 0.3 is 13.2 Å². The monoisotopic (exact) mass is 150 g/mol. The van der Waals surface area contributed by atoms with Crippen molar-refractivity contribution in [2.45, 2.75) is 24.4 Å². The molecule has 48 valence electrons. The molecule has 0 bridgehead atoms. The van der Waals surface area contributed by atoms with Gasteiger partial charge in [0, 0.05) is 0 Å². The van der Waals surface area contributed by atoms with E-state index in [0.717, 1.165) is 0 Å². The summed E-state index contributed by atoms with van der Waals surface area (Å²) in [6, 6.07) is 0. The smallest absolute Gasteiger partial charge is 0.307 e. The first-order chi connectivity index (χ1) is 3.81. The highest BCUT2D eigenvalue weighted by molar-refractivity contribution is 7.06. The molecule has 0 fully saturated rings. The molecular weight excluding hydrogens is 138 g/mol. The van der Waals surface area contributed by atoms with Crippen LogP contribution in [-0.4, -0.2) is 20.0 Å². The summed E-state index contributed by atoms with van der Waals surface area (Å²) in [7, 11) is 5.79. The van der Waals surface area contributed by atoms with Crippen LogP contribution in [0.4, 0.5) is 0 Å². The van der Waals surface area contributed by atoms with Gasteiger partial charge in [-0.2, -0.15) is 0 Å². The maximum atomic E-state index is 8.00. The average molecular weight is 151 g/mol. The molecule has 0 aromatic carbocycles. The minimum absolute atomic E-state index is 0.688. The van der Waals surface area contributed by atoms with Gasteiger partial charge in [0.25, 0.3) is 0 Å². The highest BCUT2D eigenvalue weighted by atomic mass is 35.6. The highest BCUT2D eigenvalue weighted by Crippen LogP contribution is 2.00. The minimum Gasteiger partial charge on any atom is -0.307 e. The van der Waals surface area contributed by atoms with Crippen LogP contribution >= 0.6 is 10.0 Å². The Hall–Kier alpha value is 0.492. The van der Waals surface area contributed by atoms with Gasteiger partial charge in [0.2, 0.25) is 0 Å². The van der Waals surface area contributed by atoms with Gasteiger partial charge in [0.05, 0.1) is 0 Å². The van der Waals surface area contributed by atoms with Gasteiger partial charge in [0.15, 0.2) is 0 Å². The summed E-state index contributed by atoms with van der Waals surface area (Å²) in [6.07, 6.45) is 0. The second-order valence-corrected chi connectivity index (χ2v) is 6.09. The van der Waals surface area contributed by atoms with Crippen LogP contribution in [0.1, 0.15) is 13.8 Å². The Morgan fingerprint density at radius 3 is 1.62 bits per heavy atom. The average Bonchev–Trinajstić information content (AvgIpc) is 1.91. The fourth-order valence-electron chi connectivity index (χ4n) is 0.289. The van der Waals surface area contributed by atoms with E-state index in [1.165, 1.54) is 10.6 Å². The predicted octanol–water partition coefficient (Wildman–Crippen LogP) is 2.07. The Morgan fingerprint density at radius 2 is 1.62 bits per heavy atom. The van der Waals surface area contributed by atoms with Crippen molar-refractivity contribution in [3.05, 3.63) is 0 Å². The summed E-state index contributed by atoms with van der Waals surface area (Å²) < 4.78 is 0. The molecule has 3 heteroatoms. The van der Waals surface area contributed by atoms with Crippen LogP contribution in [0, 0.1) is 0 Å². The Morgan fingerprint density at radius 1 is 1.38 bits per heavy atom.